The summed E-state index contributed by atoms with van der Waals surface area (Å²) in [6, 6.07) is 17.5. The third-order valence-electron chi connectivity index (χ3n) is 3.54. The summed E-state index contributed by atoms with van der Waals surface area (Å²) in [7, 11) is 0. The molecular formula is C16H12N3O+. The molecule has 4 rings (SSSR count). The fraction of sp³-hybridized carbons (Fsp3) is 0.0625. The van der Waals surface area contributed by atoms with Gasteiger partial charge in [0.1, 0.15) is 6.21 Å². The van der Waals surface area contributed by atoms with Gasteiger partial charge < -0.3 is 4.74 Å². The molecule has 0 aromatic heterocycles. The molecule has 0 saturated heterocycles. The number of hydrazone groups is 1. The number of nitrogens with one attached hydrogen (secondary N) is 1. The zero-order valence-electron chi connectivity index (χ0n) is 10.7. The van der Waals surface area contributed by atoms with Crippen molar-refractivity contribution in [2.24, 2.45) is 5.10 Å². The summed E-state index contributed by atoms with van der Waals surface area (Å²) >= 11 is 0. The molecule has 0 aliphatic carbocycles. The number of benzene rings is 2. The molecule has 0 bridgehead atoms. The van der Waals surface area contributed by atoms with Gasteiger partial charge in [0.25, 0.3) is 11.9 Å². The lowest BCUT2D eigenvalue weighted by atomic mass is 10.00. The summed E-state index contributed by atoms with van der Waals surface area (Å²) in [5.41, 5.74) is 3.02. The molecule has 0 radical (unpaired) electrons. The summed E-state index contributed by atoms with van der Waals surface area (Å²) in [6.45, 7) is 0. The van der Waals surface area contributed by atoms with Crippen molar-refractivity contribution in [3.63, 3.8) is 0 Å². The second kappa shape index (κ2) is 4.13. The minimum Gasteiger partial charge on any atom is -0.381 e. The van der Waals surface area contributed by atoms with Crippen LogP contribution in [0.4, 0.5) is 0 Å². The van der Waals surface area contributed by atoms with Crippen LogP contribution < -0.4 is 0 Å². The fourth-order valence-corrected chi connectivity index (χ4v) is 2.60. The molecule has 20 heavy (non-hydrogen) atoms. The number of nitrogens with zero attached hydrogens (tertiary/aromatic N) is 2. The van der Waals surface area contributed by atoms with E-state index in [2.05, 4.69) is 5.10 Å². The van der Waals surface area contributed by atoms with Gasteiger partial charge in [-0.1, -0.05) is 42.5 Å². The van der Waals surface area contributed by atoms with Crippen LogP contribution in [0.25, 0.3) is 0 Å². The van der Waals surface area contributed by atoms with Gasteiger partial charge in [0.05, 0.1) is 5.56 Å². The Kier molecular flexibility index (Phi) is 2.29. The summed E-state index contributed by atoms with van der Waals surface area (Å²) in [5.74, 6) is 0.833. The van der Waals surface area contributed by atoms with E-state index >= 15 is 0 Å². The Morgan fingerprint density at radius 1 is 1.00 bits per heavy atom. The minimum atomic E-state index is -0.258. The monoisotopic (exact) mass is 262 g/mol. The minimum absolute atomic E-state index is 0.216. The van der Waals surface area contributed by atoms with Gasteiger partial charge in [0.15, 0.2) is 0 Å². The summed E-state index contributed by atoms with van der Waals surface area (Å²) in [6.07, 6.45) is 1.82. The smallest absolute Gasteiger partial charge is 0.381 e. The lowest BCUT2D eigenvalue weighted by Gasteiger charge is -2.10. The molecule has 2 aliphatic heterocycles. The molecule has 96 valence electrons. The Morgan fingerprint density at radius 2 is 1.75 bits per heavy atom. The molecule has 4 nitrogen and oxygen atoms in total. The van der Waals surface area contributed by atoms with Crippen molar-refractivity contribution >= 4 is 18.0 Å². The predicted molar refractivity (Wildman–Crippen MR) is 76.4 cm³/mol. The van der Waals surface area contributed by atoms with E-state index in [1.54, 1.807) is 4.68 Å². The maximum Gasteiger partial charge on any atom is 0.408 e. The van der Waals surface area contributed by atoms with E-state index in [0.29, 0.717) is 5.90 Å². The first-order chi connectivity index (χ1) is 9.84. The third kappa shape index (κ3) is 1.51. The molecule has 2 heterocycles. The normalized spacial score (nSPS) is 19.6. The molecule has 1 unspecified atom stereocenters. The summed E-state index contributed by atoms with van der Waals surface area (Å²) in [4.78, 5) is 0. The van der Waals surface area contributed by atoms with Gasteiger partial charge in [-0.2, -0.15) is 0 Å². The number of ether oxygens (including phenoxy) is 1. The quantitative estimate of drug-likeness (QED) is 0.789. The number of rotatable bonds is 1. The molecule has 1 atom stereocenters. The Labute approximate surface area is 116 Å². The van der Waals surface area contributed by atoms with Crippen molar-refractivity contribution in [2.45, 2.75) is 6.04 Å². The van der Waals surface area contributed by atoms with E-state index in [9.17, 15) is 0 Å². The van der Waals surface area contributed by atoms with Gasteiger partial charge in [-0.05, 0) is 21.9 Å². The molecule has 0 fully saturated rings. The van der Waals surface area contributed by atoms with Crippen molar-refractivity contribution in [2.75, 3.05) is 0 Å². The van der Waals surface area contributed by atoms with E-state index < -0.39 is 0 Å². The van der Waals surface area contributed by atoms with E-state index in [1.807, 2.05) is 60.8 Å². The first kappa shape index (κ1) is 11.1. The van der Waals surface area contributed by atoms with Crippen LogP contribution in [0.5, 0.6) is 0 Å². The molecule has 2 aliphatic rings. The van der Waals surface area contributed by atoms with E-state index in [4.69, 9.17) is 10.1 Å². The van der Waals surface area contributed by atoms with Crippen LogP contribution in [-0.4, -0.2) is 22.7 Å². The number of fused-ring (bicyclic) bond motifs is 3. The van der Waals surface area contributed by atoms with E-state index in [0.717, 1.165) is 16.7 Å². The van der Waals surface area contributed by atoms with Crippen LogP contribution in [-0.2, 0) is 4.74 Å². The van der Waals surface area contributed by atoms with Crippen molar-refractivity contribution < 1.29 is 9.42 Å². The van der Waals surface area contributed by atoms with Crippen molar-refractivity contribution in [1.29, 1.82) is 5.41 Å². The zero-order chi connectivity index (χ0) is 13.5. The largest absolute Gasteiger partial charge is 0.408 e. The maximum atomic E-state index is 8.13. The summed E-state index contributed by atoms with van der Waals surface area (Å²) in [5, 5.41) is 12.6. The topological polar surface area (TPSA) is 48.4 Å². The van der Waals surface area contributed by atoms with Crippen molar-refractivity contribution in [3.8, 4) is 0 Å². The number of hydrogen-bond acceptors (Lipinski definition) is 3. The predicted octanol–water partition coefficient (Wildman–Crippen LogP) is 2.54. The molecule has 2 aromatic carbocycles. The second-order valence-corrected chi connectivity index (χ2v) is 4.76. The van der Waals surface area contributed by atoms with Crippen LogP contribution in [0, 0.1) is 5.41 Å². The maximum absolute atomic E-state index is 8.13. The van der Waals surface area contributed by atoms with Gasteiger partial charge in [-0.15, -0.1) is 0 Å². The highest BCUT2D eigenvalue weighted by atomic mass is 16.5. The Morgan fingerprint density at radius 3 is 2.60 bits per heavy atom. The van der Waals surface area contributed by atoms with Crippen molar-refractivity contribution in [3.05, 3.63) is 71.3 Å². The molecule has 0 saturated carbocycles. The summed E-state index contributed by atoms with van der Waals surface area (Å²) < 4.78 is 7.44. The first-order valence-corrected chi connectivity index (χ1v) is 6.45. The highest BCUT2D eigenvalue weighted by Crippen LogP contribution is 2.31. The Hall–Kier alpha value is -2.75. The van der Waals surface area contributed by atoms with Crippen molar-refractivity contribution in [1.82, 2.24) is 0 Å². The first-order valence-electron chi connectivity index (χ1n) is 6.45. The number of hydrogen-bond donors (Lipinski definition) is 1. The highest BCUT2D eigenvalue weighted by Gasteiger charge is 2.46. The van der Waals surface area contributed by atoms with Crippen LogP contribution in [0.3, 0.4) is 0 Å². The Bertz CT molecular complexity index is 762. The molecule has 4 heteroatoms. The van der Waals surface area contributed by atoms with Crippen LogP contribution in [0.1, 0.15) is 22.7 Å². The average molecular weight is 262 g/mol. The van der Waals surface area contributed by atoms with E-state index in [-0.39, 0.29) is 11.9 Å². The third-order valence-corrected chi connectivity index (χ3v) is 3.54. The molecule has 0 amide bonds. The standard InChI is InChI=1S/C16H12N3O/c17-15-14-13-9-5-4-8-12(13)10-18-19(14)16(20-15)11-6-2-1-3-7-11/h1-10,14,17H/q+1. The van der Waals surface area contributed by atoms with Crippen LogP contribution >= 0.6 is 0 Å². The SMILES string of the molecule is N=C1OC(c2ccccc2)=[N+]2N=Cc3ccccc3C12. The lowest BCUT2D eigenvalue weighted by Crippen LogP contribution is -2.22. The highest BCUT2D eigenvalue weighted by molar-refractivity contribution is 6.04. The fourth-order valence-electron chi connectivity index (χ4n) is 2.60. The second-order valence-electron chi connectivity index (χ2n) is 4.76. The van der Waals surface area contributed by atoms with Gasteiger partial charge in [0, 0.05) is 11.1 Å². The molecule has 2 aromatic rings. The lowest BCUT2D eigenvalue weighted by molar-refractivity contribution is -0.557. The Balaban J connectivity index is 1.91. The average Bonchev–Trinajstić information content (AvgIpc) is 2.86. The zero-order valence-corrected chi connectivity index (χ0v) is 10.7. The van der Waals surface area contributed by atoms with Gasteiger partial charge in [0.2, 0.25) is 0 Å². The molecular weight excluding hydrogens is 250 g/mol. The van der Waals surface area contributed by atoms with Gasteiger partial charge >= 0.3 is 5.90 Å². The van der Waals surface area contributed by atoms with E-state index in [1.165, 1.54) is 0 Å². The van der Waals surface area contributed by atoms with Gasteiger partial charge in [-0.3, -0.25) is 5.41 Å². The van der Waals surface area contributed by atoms with Crippen LogP contribution in [0.2, 0.25) is 0 Å². The molecule has 1 N–H and O–H groups in total. The van der Waals surface area contributed by atoms with Gasteiger partial charge in [-0.25, -0.2) is 0 Å². The molecule has 0 spiro atoms. The van der Waals surface area contributed by atoms with Crippen LogP contribution in [0.15, 0.2) is 59.7 Å².